The minimum atomic E-state index is -0.563. The van der Waals surface area contributed by atoms with Crippen LogP contribution in [0.3, 0.4) is 0 Å². The molecule has 0 bridgehead atoms. The van der Waals surface area contributed by atoms with E-state index >= 15 is 0 Å². The number of nitrogens with zero attached hydrogens (tertiary/aromatic N) is 3. The molecule has 6 heteroatoms. The molecule has 1 N–H and O–H groups in total. The zero-order chi connectivity index (χ0) is 17.3. The second kappa shape index (κ2) is 6.36. The van der Waals surface area contributed by atoms with Crippen molar-refractivity contribution in [3.63, 3.8) is 0 Å². The van der Waals surface area contributed by atoms with Gasteiger partial charge in [-0.3, -0.25) is 13.9 Å². The number of aryl methyl sites for hydroxylation is 1. The summed E-state index contributed by atoms with van der Waals surface area (Å²) in [4.78, 5) is 24.2. The predicted octanol–water partition coefficient (Wildman–Crippen LogP) is 1.49. The Morgan fingerprint density at radius 3 is 2.75 bits per heavy atom. The second-order valence-electron chi connectivity index (χ2n) is 6.21. The molecule has 1 atom stereocenters. The topological polar surface area (TPSA) is 79.8 Å². The van der Waals surface area contributed by atoms with Gasteiger partial charge in [0.2, 0.25) is 0 Å². The summed E-state index contributed by atoms with van der Waals surface area (Å²) in [6.45, 7) is 0.589. The molecule has 1 heterocycles. The SMILES string of the molecule is Cn1c(NCC2CCCc3ccccc32)c(C#N)c(=O)n(C)c1=O. The van der Waals surface area contributed by atoms with Crippen LogP contribution in [0.2, 0.25) is 0 Å². The van der Waals surface area contributed by atoms with Gasteiger partial charge in [0.25, 0.3) is 5.56 Å². The molecule has 0 radical (unpaired) electrons. The number of benzene rings is 1. The molecular formula is C18H20N4O2. The lowest BCUT2D eigenvalue weighted by atomic mass is 9.83. The Morgan fingerprint density at radius 1 is 1.25 bits per heavy atom. The van der Waals surface area contributed by atoms with Crippen LogP contribution in [0.5, 0.6) is 0 Å². The van der Waals surface area contributed by atoms with E-state index in [-0.39, 0.29) is 5.56 Å². The Bertz CT molecular complexity index is 934. The second-order valence-corrected chi connectivity index (χ2v) is 6.21. The Morgan fingerprint density at radius 2 is 2.00 bits per heavy atom. The van der Waals surface area contributed by atoms with Crippen LogP contribution in [0.1, 0.15) is 35.4 Å². The molecule has 0 amide bonds. The van der Waals surface area contributed by atoms with Gasteiger partial charge in [-0.25, -0.2) is 4.79 Å². The van der Waals surface area contributed by atoms with Crippen LogP contribution in [0.4, 0.5) is 5.82 Å². The van der Waals surface area contributed by atoms with Crippen LogP contribution in [-0.2, 0) is 20.5 Å². The first-order valence-electron chi connectivity index (χ1n) is 8.06. The highest BCUT2D eigenvalue weighted by atomic mass is 16.2. The number of nitriles is 1. The minimum absolute atomic E-state index is 0.0244. The quantitative estimate of drug-likeness (QED) is 0.927. The molecule has 0 spiro atoms. The first-order valence-corrected chi connectivity index (χ1v) is 8.06. The molecule has 124 valence electrons. The Labute approximate surface area is 140 Å². The van der Waals surface area contributed by atoms with E-state index in [9.17, 15) is 14.9 Å². The number of aromatic nitrogens is 2. The number of hydrogen-bond donors (Lipinski definition) is 1. The molecule has 0 saturated heterocycles. The number of nitrogens with one attached hydrogen (secondary N) is 1. The Kier molecular flexibility index (Phi) is 4.26. The standard InChI is InChI=1S/C18H20N4O2/c1-21-16(15(10-19)17(23)22(2)18(21)24)20-11-13-8-5-7-12-6-3-4-9-14(12)13/h3-4,6,9,13,20H,5,7-8,11H2,1-2H3. The highest BCUT2D eigenvalue weighted by molar-refractivity contribution is 5.51. The maximum Gasteiger partial charge on any atom is 0.332 e. The summed E-state index contributed by atoms with van der Waals surface area (Å²) in [6.07, 6.45) is 3.25. The number of fused-ring (bicyclic) bond motifs is 1. The molecule has 1 aliphatic carbocycles. The van der Waals surface area contributed by atoms with Gasteiger partial charge in [0.05, 0.1) is 0 Å². The maximum absolute atomic E-state index is 12.1. The minimum Gasteiger partial charge on any atom is -0.369 e. The number of hydrogen-bond acceptors (Lipinski definition) is 4. The molecule has 0 aliphatic heterocycles. The average Bonchev–Trinajstić information content (AvgIpc) is 2.61. The normalized spacial score (nSPS) is 16.3. The summed E-state index contributed by atoms with van der Waals surface area (Å²) >= 11 is 0. The summed E-state index contributed by atoms with van der Waals surface area (Å²) in [5, 5.41) is 12.5. The van der Waals surface area contributed by atoms with Crippen LogP contribution in [-0.4, -0.2) is 15.7 Å². The van der Waals surface area contributed by atoms with Crippen molar-refractivity contribution < 1.29 is 0 Å². The van der Waals surface area contributed by atoms with Crippen molar-refractivity contribution in [2.24, 2.45) is 14.1 Å². The first kappa shape index (κ1) is 16.1. The highest BCUT2D eigenvalue weighted by Crippen LogP contribution is 2.31. The van der Waals surface area contributed by atoms with Crippen molar-refractivity contribution in [3.05, 3.63) is 61.8 Å². The third-order valence-electron chi connectivity index (χ3n) is 4.79. The van der Waals surface area contributed by atoms with E-state index in [0.29, 0.717) is 18.3 Å². The van der Waals surface area contributed by atoms with Crippen LogP contribution in [0.15, 0.2) is 33.9 Å². The third-order valence-corrected chi connectivity index (χ3v) is 4.79. The van der Waals surface area contributed by atoms with Crippen LogP contribution >= 0.6 is 0 Å². The molecule has 6 nitrogen and oxygen atoms in total. The van der Waals surface area contributed by atoms with Gasteiger partial charge < -0.3 is 5.32 Å². The lowest BCUT2D eigenvalue weighted by Crippen LogP contribution is -2.40. The van der Waals surface area contributed by atoms with Crippen molar-refractivity contribution in [3.8, 4) is 6.07 Å². The molecule has 3 rings (SSSR count). The van der Waals surface area contributed by atoms with Gasteiger partial charge in [0, 0.05) is 26.6 Å². The summed E-state index contributed by atoms with van der Waals surface area (Å²) in [5.74, 6) is 0.606. The molecule has 0 fully saturated rings. The fourth-order valence-electron chi connectivity index (χ4n) is 3.44. The van der Waals surface area contributed by atoms with Gasteiger partial charge in [-0.1, -0.05) is 24.3 Å². The van der Waals surface area contributed by atoms with Gasteiger partial charge in [0.15, 0.2) is 5.56 Å². The lowest BCUT2D eigenvalue weighted by molar-refractivity contribution is 0.568. The lowest BCUT2D eigenvalue weighted by Gasteiger charge is -2.26. The van der Waals surface area contributed by atoms with E-state index < -0.39 is 11.2 Å². The largest absolute Gasteiger partial charge is 0.369 e. The molecule has 24 heavy (non-hydrogen) atoms. The molecule has 0 saturated carbocycles. The maximum atomic E-state index is 12.1. The third kappa shape index (κ3) is 2.62. The van der Waals surface area contributed by atoms with Gasteiger partial charge >= 0.3 is 5.69 Å². The van der Waals surface area contributed by atoms with Crippen molar-refractivity contribution >= 4 is 5.82 Å². The summed E-state index contributed by atoms with van der Waals surface area (Å²) in [5.41, 5.74) is 1.64. The molecule has 1 aliphatic rings. The zero-order valence-electron chi connectivity index (χ0n) is 13.9. The fraction of sp³-hybridized carbons (Fsp3) is 0.389. The van der Waals surface area contributed by atoms with E-state index in [1.54, 1.807) is 7.05 Å². The van der Waals surface area contributed by atoms with Crippen molar-refractivity contribution in [1.82, 2.24) is 9.13 Å². The molecule has 1 aromatic carbocycles. The molecule has 1 unspecified atom stereocenters. The summed E-state index contributed by atoms with van der Waals surface area (Å²) in [6, 6.07) is 10.3. The zero-order valence-corrected chi connectivity index (χ0v) is 13.9. The molecular weight excluding hydrogens is 304 g/mol. The highest BCUT2D eigenvalue weighted by Gasteiger charge is 2.21. The van der Waals surface area contributed by atoms with Crippen molar-refractivity contribution in [2.75, 3.05) is 11.9 Å². The van der Waals surface area contributed by atoms with Crippen LogP contribution in [0, 0.1) is 11.3 Å². The van der Waals surface area contributed by atoms with Gasteiger partial charge in [0.1, 0.15) is 11.9 Å². The molecule has 2 aromatic rings. The monoisotopic (exact) mass is 324 g/mol. The first-order chi connectivity index (χ1) is 11.5. The van der Waals surface area contributed by atoms with Gasteiger partial charge in [-0.15, -0.1) is 0 Å². The van der Waals surface area contributed by atoms with Crippen LogP contribution < -0.4 is 16.6 Å². The van der Waals surface area contributed by atoms with E-state index in [1.165, 1.54) is 22.7 Å². The van der Waals surface area contributed by atoms with Crippen LogP contribution in [0.25, 0.3) is 0 Å². The predicted molar refractivity (Wildman–Crippen MR) is 92.2 cm³/mol. The smallest absolute Gasteiger partial charge is 0.332 e. The van der Waals surface area contributed by atoms with Crippen molar-refractivity contribution in [2.45, 2.75) is 25.2 Å². The van der Waals surface area contributed by atoms with Gasteiger partial charge in [-0.2, -0.15) is 5.26 Å². The fourth-order valence-corrected chi connectivity index (χ4v) is 3.44. The average molecular weight is 324 g/mol. The molecule has 1 aromatic heterocycles. The number of anilines is 1. The van der Waals surface area contributed by atoms with E-state index in [4.69, 9.17) is 0 Å². The Balaban J connectivity index is 1.93. The number of rotatable bonds is 3. The summed E-state index contributed by atoms with van der Waals surface area (Å²) in [7, 11) is 2.95. The van der Waals surface area contributed by atoms with Crippen molar-refractivity contribution in [1.29, 1.82) is 5.26 Å². The van der Waals surface area contributed by atoms with E-state index in [2.05, 4.69) is 17.4 Å². The van der Waals surface area contributed by atoms with E-state index in [0.717, 1.165) is 23.8 Å². The summed E-state index contributed by atoms with van der Waals surface area (Å²) < 4.78 is 2.29. The Hall–Kier alpha value is -2.81. The van der Waals surface area contributed by atoms with E-state index in [1.807, 2.05) is 18.2 Å². The van der Waals surface area contributed by atoms with Gasteiger partial charge in [-0.05, 0) is 30.4 Å².